The van der Waals surface area contributed by atoms with Gasteiger partial charge in [0.25, 0.3) is 0 Å². The molecule has 1 saturated heterocycles. The summed E-state index contributed by atoms with van der Waals surface area (Å²) in [6.07, 6.45) is 6.81. The van der Waals surface area contributed by atoms with Crippen LogP contribution in [0.2, 0.25) is 0 Å². The monoisotopic (exact) mass is 260 g/mol. The first-order chi connectivity index (χ1) is 7.79. The van der Waals surface area contributed by atoms with Gasteiger partial charge in [0.1, 0.15) is 0 Å². The van der Waals surface area contributed by atoms with Crippen molar-refractivity contribution in [2.75, 3.05) is 19.6 Å². The van der Waals surface area contributed by atoms with Crippen LogP contribution in [0.25, 0.3) is 0 Å². The molecule has 1 N–H and O–H groups in total. The summed E-state index contributed by atoms with van der Waals surface area (Å²) in [6.45, 7) is 5.19. The van der Waals surface area contributed by atoms with Crippen LogP contribution in [0.1, 0.15) is 45.4 Å². The molecule has 2 rings (SSSR count). The van der Waals surface area contributed by atoms with Crippen molar-refractivity contribution in [3.63, 3.8) is 0 Å². The Labute approximate surface area is 111 Å². The topological polar surface area (TPSA) is 32.3 Å². The first-order valence-corrected chi connectivity index (χ1v) is 6.80. The van der Waals surface area contributed by atoms with Gasteiger partial charge in [-0.1, -0.05) is 6.92 Å². The largest absolute Gasteiger partial charge is 0.343 e. The second-order valence-electron chi connectivity index (χ2n) is 5.26. The van der Waals surface area contributed by atoms with Crippen LogP contribution in [0, 0.1) is 5.92 Å². The van der Waals surface area contributed by atoms with Gasteiger partial charge in [0.05, 0.1) is 0 Å². The third kappa shape index (κ3) is 4.84. The Morgan fingerprint density at radius 3 is 2.41 bits per heavy atom. The Morgan fingerprint density at radius 1 is 1.24 bits per heavy atom. The highest BCUT2D eigenvalue weighted by atomic mass is 35.5. The fourth-order valence-electron chi connectivity index (χ4n) is 2.36. The van der Waals surface area contributed by atoms with Crippen LogP contribution in [-0.2, 0) is 4.79 Å². The maximum absolute atomic E-state index is 11.7. The standard InChI is InChI=1S/C13H24N2O.ClH/c1-2-3-13(16)15-8-6-12(7-9-15)14-10-11-4-5-11;/h11-12,14H,2-10H2,1H3;1H. The van der Waals surface area contributed by atoms with Gasteiger partial charge in [0, 0.05) is 25.6 Å². The van der Waals surface area contributed by atoms with Gasteiger partial charge in [0.15, 0.2) is 0 Å². The summed E-state index contributed by atoms with van der Waals surface area (Å²) >= 11 is 0. The number of carbonyl (C=O) groups excluding carboxylic acids is 1. The summed E-state index contributed by atoms with van der Waals surface area (Å²) in [7, 11) is 0. The van der Waals surface area contributed by atoms with Crippen molar-refractivity contribution < 1.29 is 4.79 Å². The smallest absolute Gasteiger partial charge is 0.222 e. The minimum atomic E-state index is 0. The Hall–Kier alpha value is -0.280. The molecule has 1 saturated carbocycles. The number of nitrogens with one attached hydrogen (secondary N) is 1. The van der Waals surface area contributed by atoms with E-state index in [1.807, 2.05) is 4.90 Å². The second kappa shape index (κ2) is 7.22. The number of rotatable bonds is 5. The van der Waals surface area contributed by atoms with Crippen LogP contribution < -0.4 is 5.32 Å². The van der Waals surface area contributed by atoms with Crippen molar-refractivity contribution in [2.45, 2.75) is 51.5 Å². The first-order valence-electron chi connectivity index (χ1n) is 6.80. The molecule has 17 heavy (non-hydrogen) atoms. The van der Waals surface area contributed by atoms with Gasteiger partial charge in [-0.25, -0.2) is 0 Å². The molecule has 1 aliphatic heterocycles. The van der Waals surface area contributed by atoms with Gasteiger partial charge in [-0.05, 0) is 44.6 Å². The number of amides is 1. The molecule has 0 aromatic heterocycles. The fourth-order valence-corrected chi connectivity index (χ4v) is 2.36. The number of likely N-dealkylation sites (tertiary alicyclic amines) is 1. The molecule has 3 nitrogen and oxygen atoms in total. The molecule has 2 aliphatic rings. The molecule has 4 heteroatoms. The molecular weight excluding hydrogens is 236 g/mol. The number of hydrogen-bond donors (Lipinski definition) is 1. The summed E-state index contributed by atoms with van der Waals surface area (Å²) in [5.74, 6) is 1.31. The van der Waals surface area contributed by atoms with Gasteiger partial charge < -0.3 is 10.2 Å². The van der Waals surface area contributed by atoms with Gasteiger partial charge in [-0.2, -0.15) is 0 Å². The molecule has 1 aliphatic carbocycles. The lowest BCUT2D eigenvalue weighted by atomic mass is 10.0. The molecule has 0 aromatic carbocycles. The van der Waals surface area contributed by atoms with Crippen LogP contribution in [0.5, 0.6) is 0 Å². The lowest BCUT2D eigenvalue weighted by Gasteiger charge is -2.32. The molecule has 1 heterocycles. The molecule has 1 amide bonds. The SMILES string of the molecule is CCCC(=O)N1CCC(NCC2CC2)CC1.Cl. The molecule has 0 bridgehead atoms. The molecule has 100 valence electrons. The minimum Gasteiger partial charge on any atom is -0.343 e. The van der Waals surface area contributed by atoms with E-state index in [2.05, 4.69) is 12.2 Å². The average molecular weight is 261 g/mol. The highest BCUT2D eigenvalue weighted by Crippen LogP contribution is 2.28. The maximum Gasteiger partial charge on any atom is 0.222 e. The van der Waals surface area contributed by atoms with E-state index < -0.39 is 0 Å². The molecule has 0 radical (unpaired) electrons. The highest BCUT2D eigenvalue weighted by molar-refractivity contribution is 5.85. The van der Waals surface area contributed by atoms with Crippen molar-refractivity contribution in [1.82, 2.24) is 10.2 Å². The van der Waals surface area contributed by atoms with Crippen molar-refractivity contribution in [1.29, 1.82) is 0 Å². The molecular formula is C13H25ClN2O. The predicted octanol–water partition coefficient (Wildman–Crippen LogP) is 2.20. The van der Waals surface area contributed by atoms with E-state index in [1.54, 1.807) is 0 Å². The van der Waals surface area contributed by atoms with E-state index in [0.717, 1.165) is 44.7 Å². The Morgan fingerprint density at radius 2 is 1.88 bits per heavy atom. The predicted molar refractivity (Wildman–Crippen MR) is 72.5 cm³/mol. The quantitative estimate of drug-likeness (QED) is 0.822. The van der Waals surface area contributed by atoms with Crippen LogP contribution in [0.3, 0.4) is 0 Å². The summed E-state index contributed by atoms with van der Waals surface area (Å²) in [5, 5.41) is 3.64. The third-order valence-electron chi connectivity index (χ3n) is 3.70. The summed E-state index contributed by atoms with van der Waals surface area (Å²) in [4.78, 5) is 13.7. The van der Waals surface area contributed by atoms with Gasteiger partial charge >= 0.3 is 0 Å². The van der Waals surface area contributed by atoms with Crippen LogP contribution in [0.4, 0.5) is 0 Å². The molecule has 0 unspecified atom stereocenters. The minimum absolute atomic E-state index is 0. The Bertz CT molecular complexity index is 236. The molecule has 0 spiro atoms. The molecule has 0 aromatic rings. The zero-order valence-corrected chi connectivity index (χ0v) is 11.6. The van der Waals surface area contributed by atoms with Gasteiger partial charge in [-0.3, -0.25) is 4.79 Å². The summed E-state index contributed by atoms with van der Waals surface area (Å²) < 4.78 is 0. The lowest BCUT2D eigenvalue weighted by molar-refractivity contribution is -0.132. The van der Waals surface area contributed by atoms with Crippen LogP contribution in [-0.4, -0.2) is 36.5 Å². The zero-order chi connectivity index (χ0) is 11.4. The average Bonchev–Trinajstić information content (AvgIpc) is 3.11. The normalized spacial score (nSPS) is 21.1. The summed E-state index contributed by atoms with van der Waals surface area (Å²) in [5.41, 5.74) is 0. The maximum atomic E-state index is 11.7. The Balaban J connectivity index is 0.00000144. The van der Waals surface area contributed by atoms with E-state index in [1.165, 1.54) is 19.4 Å². The van der Waals surface area contributed by atoms with Gasteiger partial charge in [-0.15, -0.1) is 12.4 Å². The zero-order valence-electron chi connectivity index (χ0n) is 10.8. The fraction of sp³-hybridized carbons (Fsp3) is 0.923. The van der Waals surface area contributed by atoms with Crippen molar-refractivity contribution in [3.8, 4) is 0 Å². The first kappa shape index (κ1) is 14.8. The number of hydrogen-bond acceptors (Lipinski definition) is 2. The van der Waals surface area contributed by atoms with E-state index in [9.17, 15) is 4.79 Å². The van der Waals surface area contributed by atoms with Crippen LogP contribution >= 0.6 is 12.4 Å². The van der Waals surface area contributed by atoms with E-state index in [4.69, 9.17) is 0 Å². The van der Waals surface area contributed by atoms with E-state index >= 15 is 0 Å². The van der Waals surface area contributed by atoms with E-state index in [0.29, 0.717) is 11.9 Å². The van der Waals surface area contributed by atoms with Crippen molar-refractivity contribution in [2.24, 2.45) is 5.92 Å². The molecule has 0 atom stereocenters. The third-order valence-corrected chi connectivity index (χ3v) is 3.70. The lowest BCUT2D eigenvalue weighted by Crippen LogP contribution is -2.45. The number of carbonyl (C=O) groups is 1. The van der Waals surface area contributed by atoms with E-state index in [-0.39, 0.29) is 12.4 Å². The van der Waals surface area contributed by atoms with Crippen LogP contribution in [0.15, 0.2) is 0 Å². The Kier molecular flexibility index (Phi) is 6.28. The number of halogens is 1. The van der Waals surface area contributed by atoms with Crippen molar-refractivity contribution in [3.05, 3.63) is 0 Å². The summed E-state index contributed by atoms with van der Waals surface area (Å²) in [6, 6.07) is 0.659. The second-order valence-corrected chi connectivity index (χ2v) is 5.26. The number of piperidine rings is 1. The van der Waals surface area contributed by atoms with Gasteiger partial charge in [0.2, 0.25) is 5.91 Å². The molecule has 2 fully saturated rings. The van der Waals surface area contributed by atoms with Crippen molar-refractivity contribution >= 4 is 18.3 Å². The number of nitrogens with zero attached hydrogens (tertiary/aromatic N) is 1. The highest BCUT2D eigenvalue weighted by Gasteiger charge is 2.25.